The number of nitrogens with two attached hydrogens (primary N) is 1. The topological polar surface area (TPSA) is 63.4 Å². The molecule has 2 N–H and O–H groups in total. The van der Waals surface area contributed by atoms with Crippen LogP contribution >= 0.6 is 0 Å². The van der Waals surface area contributed by atoms with Crippen LogP contribution in [0.4, 0.5) is 0 Å². The first-order valence-corrected chi connectivity index (χ1v) is 8.07. The summed E-state index contributed by atoms with van der Waals surface area (Å²) in [7, 11) is 0. The van der Waals surface area contributed by atoms with E-state index in [0.29, 0.717) is 5.56 Å². The minimum Gasteiger partial charge on any atom is -0.366 e. The van der Waals surface area contributed by atoms with E-state index in [2.05, 4.69) is 12.1 Å². The van der Waals surface area contributed by atoms with E-state index in [1.54, 1.807) is 36.4 Å². The highest BCUT2D eigenvalue weighted by Crippen LogP contribution is 2.16. The van der Waals surface area contributed by atoms with Crippen molar-refractivity contribution in [1.29, 1.82) is 0 Å². The van der Waals surface area contributed by atoms with Crippen molar-refractivity contribution in [1.82, 2.24) is 4.90 Å². The molecule has 122 valence electrons. The maximum absolute atomic E-state index is 12.4. The molecule has 0 aliphatic carbocycles. The Morgan fingerprint density at radius 2 is 1.50 bits per heavy atom. The third kappa shape index (κ3) is 3.71. The lowest BCUT2D eigenvalue weighted by Gasteiger charge is -2.18. The quantitative estimate of drug-likeness (QED) is 0.883. The van der Waals surface area contributed by atoms with Crippen LogP contribution in [0.1, 0.15) is 27.0 Å². The molecule has 0 radical (unpaired) electrons. The molecule has 2 aromatic carbocycles. The minimum absolute atomic E-state index is 0.0155. The average Bonchev–Trinajstić information content (AvgIpc) is 2.83. The highest BCUT2D eigenvalue weighted by molar-refractivity contribution is 5.94. The maximum atomic E-state index is 12.4. The maximum Gasteiger partial charge on any atom is 0.248 e. The van der Waals surface area contributed by atoms with Crippen LogP contribution in [0.25, 0.3) is 6.08 Å². The van der Waals surface area contributed by atoms with Gasteiger partial charge in [0, 0.05) is 24.7 Å². The second-order valence-corrected chi connectivity index (χ2v) is 5.91. The van der Waals surface area contributed by atoms with Crippen molar-refractivity contribution in [2.24, 2.45) is 5.73 Å². The summed E-state index contributed by atoms with van der Waals surface area (Å²) in [4.78, 5) is 25.4. The van der Waals surface area contributed by atoms with Gasteiger partial charge in [0.15, 0.2) is 0 Å². The summed E-state index contributed by atoms with van der Waals surface area (Å²) in [5, 5.41) is 0. The lowest BCUT2D eigenvalue weighted by atomic mass is 10.0. The third-order valence-electron chi connectivity index (χ3n) is 4.35. The van der Waals surface area contributed by atoms with E-state index >= 15 is 0 Å². The van der Waals surface area contributed by atoms with Gasteiger partial charge in [-0.05, 0) is 47.7 Å². The van der Waals surface area contributed by atoms with Crippen LogP contribution in [0.2, 0.25) is 0 Å². The summed E-state index contributed by atoms with van der Waals surface area (Å²) in [6.45, 7) is 1.47. The summed E-state index contributed by atoms with van der Waals surface area (Å²) in [6, 6.07) is 15.3. The Morgan fingerprint density at radius 3 is 2.04 bits per heavy atom. The number of rotatable bonds is 3. The Hall–Kier alpha value is -2.88. The van der Waals surface area contributed by atoms with Gasteiger partial charge in [0.1, 0.15) is 0 Å². The fourth-order valence-corrected chi connectivity index (χ4v) is 2.92. The van der Waals surface area contributed by atoms with Crippen LogP contribution in [0, 0.1) is 0 Å². The molecule has 0 atom stereocenters. The Kier molecular flexibility index (Phi) is 4.75. The first-order chi connectivity index (χ1) is 11.6. The number of carbonyl (C=O) groups is 2. The number of hydrogen-bond donors (Lipinski definition) is 1. The van der Waals surface area contributed by atoms with Crippen LogP contribution in [-0.2, 0) is 17.6 Å². The van der Waals surface area contributed by atoms with E-state index in [9.17, 15) is 9.59 Å². The van der Waals surface area contributed by atoms with Gasteiger partial charge in [0.2, 0.25) is 11.8 Å². The van der Waals surface area contributed by atoms with Crippen molar-refractivity contribution in [2.45, 2.75) is 12.8 Å². The van der Waals surface area contributed by atoms with Crippen LogP contribution in [0.5, 0.6) is 0 Å². The number of amides is 2. The van der Waals surface area contributed by atoms with Gasteiger partial charge in [-0.2, -0.15) is 0 Å². The van der Waals surface area contributed by atoms with Crippen molar-refractivity contribution < 1.29 is 9.59 Å². The van der Waals surface area contributed by atoms with Gasteiger partial charge in [0.25, 0.3) is 0 Å². The zero-order chi connectivity index (χ0) is 16.9. The molecule has 4 heteroatoms. The zero-order valence-corrected chi connectivity index (χ0v) is 13.4. The van der Waals surface area contributed by atoms with Crippen LogP contribution in [0.15, 0.2) is 54.6 Å². The molecule has 0 bridgehead atoms. The van der Waals surface area contributed by atoms with Crippen LogP contribution in [-0.4, -0.2) is 29.8 Å². The number of nitrogens with zero attached hydrogens (tertiary/aromatic N) is 1. The standard InChI is InChI=1S/C20H20N2O2/c21-20(24)18-8-5-15(6-9-18)7-10-19(23)22-13-11-16-3-1-2-4-17(16)12-14-22/h1-10H,11-14H2,(H2,21,24)/b10-7+. The largest absolute Gasteiger partial charge is 0.366 e. The Labute approximate surface area is 141 Å². The Morgan fingerprint density at radius 1 is 0.917 bits per heavy atom. The highest BCUT2D eigenvalue weighted by atomic mass is 16.2. The molecular formula is C20H20N2O2. The molecule has 1 aliphatic rings. The predicted octanol–water partition coefficient (Wildman–Crippen LogP) is 2.43. The lowest BCUT2D eigenvalue weighted by molar-refractivity contribution is -0.125. The molecule has 1 aliphatic heterocycles. The first-order valence-electron chi connectivity index (χ1n) is 8.07. The molecule has 1 heterocycles. The van der Waals surface area contributed by atoms with Crippen molar-refractivity contribution >= 4 is 17.9 Å². The first kappa shape index (κ1) is 16.0. The van der Waals surface area contributed by atoms with Gasteiger partial charge in [0.05, 0.1) is 0 Å². The molecule has 0 saturated heterocycles. The van der Waals surface area contributed by atoms with Gasteiger partial charge in [-0.25, -0.2) is 0 Å². The smallest absolute Gasteiger partial charge is 0.248 e. The second-order valence-electron chi connectivity index (χ2n) is 5.91. The fraction of sp³-hybridized carbons (Fsp3) is 0.200. The number of hydrogen-bond acceptors (Lipinski definition) is 2. The number of benzene rings is 2. The molecule has 24 heavy (non-hydrogen) atoms. The van der Waals surface area contributed by atoms with E-state index in [-0.39, 0.29) is 5.91 Å². The summed E-state index contributed by atoms with van der Waals surface area (Å²) in [5.41, 5.74) is 9.21. The van der Waals surface area contributed by atoms with E-state index in [1.807, 2.05) is 17.0 Å². The monoisotopic (exact) mass is 320 g/mol. The SMILES string of the molecule is NC(=O)c1ccc(/C=C/C(=O)N2CCc3ccccc3CC2)cc1. The molecule has 0 aromatic heterocycles. The molecule has 0 unspecified atom stereocenters. The van der Waals surface area contributed by atoms with E-state index in [1.165, 1.54) is 11.1 Å². The summed E-state index contributed by atoms with van der Waals surface area (Å²) >= 11 is 0. The summed E-state index contributed by atoms with van der Waals surface area (Å²) in [5.74, 6) is -0.437. The fourth-order valence-electron chi connectivity index (χ4n) is 2.92. The van der Waals surface area contributed by atoms with Crippen molar-refractivity contribution in [3.63, 3.8) is 0 Å². The predicted molar refractivity (Wildman–Crippen MR) is 94.4 cm³/mol. The normalized spacial score (nSPS) is 14.2. The van der Waals surface area contributed by atoms with E-state index in [0.717, 1.165) is 31.5 Å². The summed E-state index contributed by atoms with van der Waals surface area (Å²) < 4.78 is 0. The molecule has 0 spiro atoms. The molecule has 0 fully saturated rings. The van der Waals surface area contributed by atoms with Crippen molar-refractivity contribution in [2.75, 3.05) is 13.1 Å². The van der Waals surface area contributed by atoms with Gasteiger partial charge < -0.3 is 10.6 Å². The van der Waals surface area contributed by atoms with Gasteiger partial charge >= 0.3 is 0 Å². The van der Waals surface area contributed by atoms with Crippen LogP contribution < -0.4 is 5.73 Å². The van der Waals surface area contributed by atoms with Crippen molar-refractivity contribution in [3.05, 3.63) is 76.9 Å². The zero-order valence-electron chi connectivity index (χ0n) is 13.4. The average molecular weight is 320 g/mol. The summed E-state index contributed by atoms with van der Waals surface area (Å²) in [6.07, 6.45) is 5.15. The number of carbonyl (C=O) groups excluding carboxylic acids is 2. The molecule has 3 rings (SSSR count). The van der Waals surface area contributed by atoms with Gasteiger partial charge in [-0.1, -0.05) is 36.4 Å². The van der Waals surface area contributed by atoms with E-state index in [4.69, 9.17) is 5.73 Å². The molecule has 4 nitrogen and oxygen atoms in total. The van der Waals surface area contributed by atoms with Crippen molar-refractivity contribution in [3.8, 4) is 0 Å². The van der Waals surface area contributed by atoms with Gasteiger partial charge in [-0.3, -0.25) is 9.59 Å². The highest BCUT2D eigenvalue weighted by Gasteiger charge is 2.16. The van der Waals surface area contributed by atoms with Gasteiger partial charge in [-0.15, -0.1) is 0 Å². The third-order valence-corrected chi connectivity index (χ3v) is 4.35. The Bertz CT molecular complexity index is 751. The van der Waals surface area contributed by atoms with E-state index < -0.39 is 5.91 Å². The van der Waals surface area contributed by atoms with Crippen LogP contribution in [0.3, 0.4) is 0 Å². The lowest BCUT2D eigenvalue weighted by Crippen LogP contribution is -2.31. The molecule has 2 aromatic rings. The molecule has 0 saturated carbocycles. The minimum atomic E-state index is -0.453. The molecule has 2 amide bonds. The number of fused-ring (bicyclic) bond motifs is 1. The number of primary amides is 1. The molecular weight excluding hydrogens is 300 g/mol. The second kappa shape index (κ2) is 7.13. The Balaban J connectivity index is 1.64.